The SMILES string of the molecule is O=C(C1CCCNCC1)N1CC(O)C1. The van der Waals surface area contributed by atoms with Crippen molar-refractivity contribution in [1.29, 1.82) is 0 Å². The summed E-state index contributed by atoms with van der Waals surface area (Å²) in [5, 5.41) is 12.4. The summed E-state index contributed by atoms with van der Waals surface area (Å²) in [6.45, 7) is 3.07. The zero-order chi connectivity index (χ0) is 9.97. The van der Waals surface area contributed by atoms with E-state index >= 15 is 0 Å². The van der Waals surface area contributed by atoms with Crippen molar-refractivity contribution in [3.8, 4) is 0 Å². The first-order chi connectivity index (χ1) is 6.77. The van der Waals surface area contributed by atoms with Crippen molar-refractivity contribution in [2.45, 2.75) is 25.4 Å². The van der Waals surface area contributed by atoms with Crippen molar-refractivity contribution in [1.82, 2.24) is 10.2 Å². The predicted molar refractivity (Wildman–Crippen MR) is 52.8 cm³/mol. The molecule has 1 unspecified atom stereocenters. The van der Waals surface area contributed by atoms with Gasteiger partial charge in [-0.15, -0.1) is 0 Å². The van der Waals surface area contributed by atoms with Gasteiger partial charge in [0.05, 0.1) is 6.10 Å². The van der Waals surface area contributed by atoms with Gasteiger partial charge in [-0.3, -0.25) is 4.79 Å². The third-order valence-corrected chi connectivity index (χ3v) is 3.10. The van der Waals surface area contributed by atoms with E-state index in [0.717, 1.165) is 32.4 Å². The highest BCUT2D eigenvalue weighted by Gasteiger charge is 2.33. The van der Waals surface area contributed by atoms with Crippen LogP contribution in [0, 0.1) is 5.92 Å². The summed E-state index contributed by atoms with van der Waals surface area (Å²) in [6.07, 6.45) is 2.76. The lowest BCUT2D eigenvalue weighted by molar-refractivity contribution is -0.146. The molecule has 0 radical (unpaired) electrons. The van der Waals surface area contributed by atoms with Gasteiger partial charge in [0.15, 0.2) is 0 Å². The Kier molecular flexibility index (Phi) is 3.03. The zero-order valence-corrected chi connectivity index (χ0v) is 8.41. The summed E-state index contributed by atoms with van der Waals surface area (Å²) in [5.74, 6) is 0.441. The lowest BCUT2D eigenvalue weighted by Gasteiger charge is -2.38. The van der Waals surface area contributed by atoms with E-state index in [2.05, 4.69) is 5.32 Å². The Morgan fingerprint density at radius 1 is 1.29 bits per heavy atom. The van der Waals surface area contributed by atoms with Gasteiger partial charge in [0.2, 0.25) is 5.91 Å². The minimum absolute atomic E-state index is 0.192. The van der Waals surface area contributed by atoms with Crippen LogP contribution >= 0.6 is 0 Å². The first-order valence-corrected chi connectivity index (χ1v) is 5.45. The van der Waals surface area contributed by atoms with Crippen LogP contribution < -0.4 is 5.32 Å². The van der Waals surface area contributed by atoms with Crippen molar-refractivity contribution >= 4 is 5.91 Å². The van der Waals surface area contributed by atoms with E-state index in [-0.39, 0.29) is 17.9 Å². The van der Waals surface area contributed by atoms with Gasteiger partial charge in [-0.2, -0.15) is 0 Å². The standard InChI is InChI=1S/C10H18N2O2/c13-9-6-12(7-9)10(14)8-2-1-4-11-5-3-8/h8-9,11,13H,1-7H2. The van der Waals surface area contributed by atoms with Crippen LogP contribution in [0.2, 0.25) is 0 Å². The van der Waals surface area contributed by atoms with Crippen LogP contribution in [0.1, 0.15) is 19.3 Å². The molecule has 2 saturated heterocycles. The summed E-state index contributed by atoms with van der Waals surface area (Å²) in [5.41, 5.74) is 0. The fourth-order valence-corrected chi connectivity index (χ4v) is 2.16. The summed E-state index contributed by atoms with van der Waals surface area (Å²) in [6, 6.07) is 0. The molecule has 2 aliphatic heterocycles. The Bertz CT molecular complexity index is 206. The first kappa shape index (κ1) is 9.93. The molecular weight excluding hydrogens is 180 g/mol. The normalized spacial score (nSPS) is 29.5. The minimum atomic E-state index is -0.275. The molecule has 1 amide bonds. The van der Waals surface area contributed by atoms with Crippen molar-refractivity contribution in [3.05, 3.63) is 0 Å². The third kappa shape index (κ3) is 2.07. The van der Waals surface area contributed by atoms with E-state index in [1.54, 1.807) is 4.90 Å². The molecule has 0 aromatic rings. The molecule has 2 N–H and O–H groups in total. The highest BCUT2D eigenvalue weighted by molar-refractivity contribution is 5.79. The number of rotatable bonds is 1. The molecule has 2 rings (SSSR count). The molecule has 1 atom stereocenters. The van der Waals surface area contributed by atoms with Crippen LogP contribution in [0.4, 0.5) is 0 Å². The maximum Gasteiger partial charge on any atom is 0.225 e. The Labute approximate surface area is 84.3 Å². The molecule has 4 heteroatoms. The van der Waals surface area contributed by atoms with E-state index in [4.69, 9.17) is 5.11 Å². The van der Waals surface area contributed by atoms with E-state index in [0.29, 0.717) is 13.1 Å². The second kappa shape index (κ2) is 4.28. The van der Waals surface area contributed by atoms with Crippen LogP contribution in [-0.4, -0.2) is 48.2 Å². The quantitative estimate of drug-likeness (QED) is 0.601. The number of β-amino-alcohol motifs (C(OH)–C–C–N with tert-alkyl or cyclic N) is 1. The lowest BCUT2D eigenvalue weighted by atomic mass is 9.97. The number of carbonyl (C=O) groups excluding carboxylic acids is 1. The summed E-state index contributed by atoms with van der Waals surface area (Å²) >= 11 is 0. The molecule has 4 nitrogen and oxygen atoms in total. The largest absolute Gasteiger partial charge is 0.389 e. The summed E-state index contributed by atoms with van der Waals surface area (Å²) < 4.78 is 0. The van der Waals surface area contributed by atoms with E-state index in [9.17, 15) is 4.79 Å². The monoisotopic (exact) mass is 198 g/mol. The maximum atomic E-state index is 11.9. The average Bonchev–Trinajstić information content (AvgIpc) is 2.40. The number of nitrogens with one attached hydrogen (secondary N) is 1. The topological polar surface area (TPSA) is 52.6 Å². The number of hydrogen-bond donors (Lipinski definition) is 2. The molecule has 14 heavy (non-hydrogen) atoms. The fraction of sp³-hybridized carbons (Fsp3) is 0.900. The minimum Gasteiger partial charge on any atom is -0.389 e. The Morgan fingerprint density at radius 3 is 2.79 bits per heavy atom. The number of nitrogens with zero attached hydrogens (tertiary/aromatic N) is 1. The smallest absolute Gasteiger partial charge is 0.225 e. The van der Waals surface area contributed by atoms with Gasteiger partial charge in [0, 0.05) is 19.0 Å². The van der Waals surface area contributed by atoms with Gasteiger partial charge < -0.3 is 15.3 Å². The Balaban J connectivity index is 1.83. The Hall–Kier alpha value is -0.610. The van der Waals surface area contributed by atoms with Crippen molar-refractivity contribution < 1.29 is 9.90 Å². The van der Waals surface area contributed by atoms with Gasteiger partial charge in [-0.25, -0.2) is 0 Å². The molecule has 2 aliphatic rings. The van der Waals surface area contributed by atoms with Crippen LogP contribution in [-0.2, 0) is 4.79 Å². The number of aliphatic hydroxyl groups is 1. The highest BCUT2D eigenvalue weighted by Crippen LogP contribution is 2.20. The molecule has 0 bridgehead atoms. The van der Waals surface area contributed by atoms with E-state index in [1.165, 1.54) is 0 Å². The first-order valence-electron chi connectivity index (χ1n) is 5.45. The molecule has 2 heterocycles. The highest BCUT2D eigenvalue weighted by atomic mass is 16.3. The second-order valence-corrected chi connectivity index (χ2v) is 4.27. The molecule has 0 saturated carbocycles. The van der Waals surface area contributed by atoms with Crippen LogP contribution in [0.5, 0.6) is 0 Å². The number of amides is 1. The second-order valence-electron chi connectivity index (χ2n) is 4.27. The van der Waals surface area contributed by atoms with Gasteiger partial charge in [-0.05, 0) is 32.4 Å². The predicted octanol–water partition coefficient (Wildman–Crippen LogP) is -0.421. The summed E-state index contributed by atoms with van der Waals surface area (Å²) in [7, 11) is 0. The van der Waals surface area contributed by atoms with Gasteiger partial charge in [-0.1, -0.05) is 0 Å². The summed E-state index contributed by atoms with van der Waals surface area (Å²) in [4.78, 5) is 13.6. The van der Waals surface area contributed by atoms with E-state index < -0.39 is 0 Å². The maximum absolute atomic E-state index is 11.9. The van der Waals surface area contributed by atoms with Crippen molar-refractivity contribution in [3.63, 3.8) is 0 Å². The number of carbonyl (C=O) groups is 1. The van der Waals surface area contributed by atoms with Crippen LogP contribution in [0.15, 0.2) is 0 Å². The molecule has 0 spiro atoms. The third-order valence-electron chi connectivity index (χ3n) is 3.10. The molecule has 0 aliphatic carbocycles. The van der Waals surface area contributed by atoms with Crippen molar-refractivity contribution in [2.75, 3.05) is 26.2 Å². The number of likely N-dealkylation sites (tertiary alicyclic amines) is 1. The van der Waals surface area contributed by atoms with Gasteiger partial charge in [0.25, 0.3) is 0 Å². The molecule has 0 aromatic carbocycles. The number of hydrogen-bond acceptors (Lipinski definition) is 3. The fourth-order valence-electron chi connectivity index (χ4n) is 2.16. The van der Waals surface area contributed by atoms with E-state index in [1.807, 2.05) is 0 Å². The lowest BCUT2D eigenvalue weighted by Crippen LogP contribution is -2.55. The van der Waals surface area contributed by atoms with Gasteiger partial charge >= 0.3 is 0 Å². The van der Waals surface area contributed by atoms with Crippen LogP contribution in [0.3, 0.4) is 0 Å². The van der Waals surface area contributed by atoms with Crippen LogP contribution in [0.25, 0.3) is 0 Å². The van der Waals surface area contributed by atoms with Gasteiger partial charge in [0.1, 0.15) is 0 Å². The Morgan fingerprint density at radius 2 is 2.07 bits per heavy atom. The molecule has 2 fully saturated rings. The zero-order valence-electron chi connectivity index (χ0n) is 8.41. The van der Waals surface area contributed by atoms with Crippen molar-refractivity contribution in [2.24, 2.45) is 5.92 Å². The molecule has 80 valence electrons. The number of aliphatic hydroxyl groups excluding tert-OH is 1. The average molecular weight is 198 g/mol. The molecule has 0 aromatic heterocycles. The molecular formula is C10H18N2O2.